The summed E-state index contributed by atoms with van der Waals surface area (Å²) >= 11 is 6.65. The zero-order valence-corrected chi connectivity index (χ0v) is 13.2. The Labute approximate surface area is 118 Å². The molecule has 1 aromatic carbocycles. The first-order valence-corrected chi connectivity index (χ1v) is 6.73. The smallest absolute Gasteiger partial charge is 0.194 e. The van der Waals surface area contributed by atoms with Crippen molar-refractivity contribution in [3.63, 3.8) is 0 Å². The zero-order valence-electron chi connectivity index (χ0n) is 6.72. The van der Waals surface area contributed by atoms with E-state index >= 15 is 0 Å². The fourth-order valence-corrected chi connectivity index (χ4v) is 4.65. The van der Waals surface area contributed by atoms with E-state index in [0.717, 1.165) is 12.9 Å². The number of halogens is 3. The van der Waals surface area contributed by atoms with Gasteiger partial charge < -0.3 is 9.84 Å². The Morgan fingerprint density at radius 2 is 1.69 bits per heavy atom. The van der Waals surface area contributed by atoms with Gasteiger partial charge in [-0.3, -0.25) is 0 Å². The predicted octanol–water partition coefficient (Wildman–Crippen LogP) is 3.22. The lowest BCUT2D eigenvalue weighted by atomic mass is 10.3. The van der Waals surface area contributed by atoms with E-state index in [1.807, 2.05) is 12.1 Å². The Kier molecular flexibility index (Phi) is 5.00. The lowest BCUT2D eigenvalue weighted by molar-refractivity contribution is -0.00160. The third kappa shape index (κ3) is 3.67. The molecule has 0 bridgehead atoms. The highest BCUT2D eigenvalue weighted by Gasteiger charge is 2.09. The molecule has 0 aromatic heterocycles. The highest BCUT2D eigenvalue weighted by Crippen LogP contribution is 2.29. The number of rotatable bonds is 2. The molecule has 0 aliphatic rings. The molecule has 2 nitrogen and oxygen atoms in total. The van der Waals surface area contributed by atoms with Crippen LogP contribution in [0.3, 0.4) is 0 Å². The summed E-state index contributed by atoms with van der Waals surface area (Å²) in [5.41, 5.74) is 0. The summed E-state index contributed by atoms with van der Waals surface area (Å²) in [4.78, 5) is 0. The molecule has 0 heterocycles. The summed E-state index contributed by atoms with van der Waals surface area (Å²) in [5, 5.41) is 9.09. The van der Waals surface area contributed by atoms with Crippen molar-refractivity contribution in [2.45, 2.75) is 13.2 Å². The van der Waals surface area contributed by atoms with Gasteiger partial charge in [0.2, 0.25) is 0 Å². The van der Waals surface area contributed by atoms with Crippen molar-refractivity contribution in [3.8, 4) is 5.75 Å². The molecule has 1 aromatic rings. The monoisotopic (exact) mass is 516 g/mol. The number of benzene rings is 1. The van der Waals surface area contributed by atoms with E-state index in [0.29, 0.717) is 0 Å². The first kappa shape index (κ1) is 12.2. The molecule has 0 saturated carbocycles. The summed E-state index contributed by atoms with van der Waals surface area (Å²) in [7, 11) is 0. The van der Waals surface area contributed by atoms with Crippen molar-refractivity contribution in [3.05, 3.63) is 22.8 Å². The van der Waals surface area contributed by atoms with Crippen LogP contribution in [0.4, 0.5) is 0 Å². The topological polar surface area (TPSA) is 29.5 Å². The van der Waals surface area contributed by atoms with Crippen LogP contribution in [0.15, 0.2) is 12.1 Å². The first-order chi connectivity index (χ1) is 6.00. The van der Waals surface area contributed by atoms with Gasteiger partial charge in [0.15, 0.2) is 6.29 Å². The largest absolute Gasteiger partial charge is 0.463 e. The number of aliphatic hydroxyl groups excluding tert-OH is 1. The van der Waals surface area contributed by atoms with Gasteiger partial charge in [0.05, 0.1) is 7.14 Å². The second-order valence-corrected chi connectivity index (χ2v) is 5.99. The fourth-order valence-electron chi connectivity index (χ4n) is 0.812. The standard InChI is InChI=1S/C8H7I3O2/c1-4(12)13-8-6(10)2-5(9)3-7(8)11/h2-4,12H,1H3. The van der Waals surface area contributed by atoms with Gasteiger partial charge in [-0.05, 0) is 86.8 Å². The molecule has 0 amide bonds. The van der Waals surface area contributed by atoms with Crippen LogP contribution in [-0.4, -0.2) is 11.4 Å². The van der Waals surface area contributed by atoms with Crippen LogP contribution in [0.2, 0.25) is 0 Å². The third-order valence-electron chi connectivity index (χ3n) is 1.25. The molecule has 0 aliphatic carbocycles. The molecule has 0 radical (unpaired) electrons. The SMILES string of the molecule is CC(O)Oc1c(I)cc(I)cc1I. The summed E-state index contributed by atoms with van der Waals surface area (Å²) in [6.07, 6.45) is -0.762. The van der Waals surface area contributed by atoms with Crippen molar-refractivity contribution in [1.29, 1.82) is 0 Å². The van der Waals surface area contributed by atoms with Crippen molar-refractivity contribution < 1.29 is 9.84 Å². The van der Waals surface area contributed by atoms with Crippen molar-refractivity contribution in [2.24, 2.45) is 0 Å². The minimum Gasteiger partial charge on any atom is -0.463 e. The van der Waals surface area contributed by atoms with E-state index in [1.165, 1.54) is 3.57 Å². The molecule has 1 atom stereocenters. The maximum absolute atomic E-state index is 9.09. The Hall–Kier alpha value is 1.17. The van der Waals surface area contributed by atoms with Gasteiger partial charge in [-0.1, -0.05) is 0 Å². The predicted molar refractivity (Wildman–Crippen MR) is 76.9 cm³/mol. The number of aliphatic hydroxyl groups is 1. The van der Waals surface area contributed by atoms with Gasteiger partial charge in [-0.2, -0.15) is 0 Å². The van der Waals surface area contributed by atoms with Crippen LogP contribution in [-0.2, 0) is 0 Å². The molecule has 0 aliphatic heterocycles. The van der Waals surface area contributed by atoms with E-state index < -0.39 is 6.29 Å². The Morgan fingerprint density at radius 3 is 2.08 bits per heavy atom. The Morgan fingerprint density at radius 1 is 1.23 bits per heavy atom. The third-order valence-corrected chi connectivity index (χ3v) is 3.48. The second-order valence-electron chi connectivity index (χ2n) is 2.42. The van der Waals surface area contributed by atoms with E-state index in [4.69, 9.17) is 9.84 Å². The van der Waals surface area contributed by atoms with Crippen LogP contribution >= 0.6 is 67.8 Å². The molecule has 0 saturated heterocycles. The number of hydrogen-bond acceptors (Lipinski definition) is 2. The first-order valence-electron chi connectivity index (χ1n) is 3.50. The molecule has 13 heavy (non-hydrogen) atoms. The van der Waals surface area contributed by atoms with Gasteiger partial charge in [0.25, 0.3) is 0 Å². The molecule has 0 spiro atoms. The van der Waals surface area contributed by atoms with Crippen LogP contribution in [0, 0.1) is 10.7 Å². The maximum Gasteiger partial charge on any atom is 0.194 e. The molecule has 72 valence electrons. The minimum absolute atomic E-state index is 0.761. The molecule has 1 rings (SSSR count). The molecular formula is C8H7I3O2. The quantitative estimate of drug-likeness (QED) is 0.484. The Bertz CT molecular complexity index is 289. The highest BCUT2D eigenvalue weighted by molar-refractivity contribution is 14.1. The fraction of sp³-hybridized carbons (Fsp3) is 0.250. The van der Waals surface area contributed by atoms with E-state index in [9.17, 15) is 0 Å². The van der Waals surface area contributed by atoms with E-state index in [-0.39, 0.29) is 0 Å². The number of hydrogen-bond donors (Lipinski definition) is 1. The van der Waals surface area contributed by atoms with Crippen LogP contribution in [0.1, 0.15) is 6.92 Å². The van der Waals surface area contributed by atoms with Gasteiger partial charge in [-0.15, -0.1) is 0 Å². The molecule has 5 heteroatoms. The second kappa shape index (κ2) is 5.31. The summed E-state index contributed by atoms with van der Waals surface area (Å²) in [6.45, 7) is 1.60. The van der Waals surface area contributed by atoms with Crippen LogP contribution in [0.25, 0.3) is 0 Å². The minimum atomic E-state index is -0.762. The maximum atomic E-state index is 9.09. The van der Waals surface area contributed by atoms with E-state index in [2.05, 4.69) is 67.8 Å². The number of ether oxygens (including phenoxy) is 1. The molecule has 1 N–H and O–H groups in total. The van der Waals surface area contributed by atoms with E-state index in [1.54, 1.807) is 6.92 Å². The lowest BCUT2D eigenvalue weighted by Crippen LogP contribution is -2.11. The van der Waals surface area contributed by atoms with Crippen molar-refractivity contribution in [1.82, 2.24) is 0 Å². The summed E-state index contributed by atoms with van der Waals surface area (Å²) in [5.74, 6) is 0.761. The van der Waals surface area contributed by atoms with Crippen molar-refractivity contribution >= 4 is 67.8 Å². The van der Waals surface area contributed by atoms with Crippen LogP contribution in [0.5, 0.6) is 5.75 Å². The molecular weight excluding hydrogens is 509 g/mol. The normalized spacial score (nSPS) is 12.7. The zero-order chi connectivity index (χ0) is 10.0. The highest BCUT2D eigenvalue weighted by atomic mass is 127. The summed E-state index contributed by atoms with van der Waals surface area (Å²) in [6, 6.07) is 4.03. The van der Waals surface area contributed by atoms with Gasteiger partial charge in [-0.25, -0.2) is 0 Å². The lowest BCUT2D eigenvalue weighted by Gasteiger charge is -2.12. The van der Waals surface area contributed by atoms with Gasteiger partial charge in [0, 0.05) is 3.57 Å². The molecule has 0 fully saturated rings. The van der Waals surface area contributed by atoms with Gasteiger partial charge >= 0.3 is 0 Å². The average molecular weight is 516 g/mol. The van der Waals surface area contributed by atoms with Crippen molar-refractivity contribution in [2.75, 3.05) is 0 Å². The van der Waals surface area contributed by atoms with Crippen LogP contribution < -0.4 is 4.74 Å². The average Bonchev–Trinajstić information content (AvgIpc) is 1.96. The molecule has 1 unspecified atom stereocenters. The summed E-state index contributed by atoms with van der Waals surface area (Å²) < 4.78 is 8.48. The Balaban J connectivity index is 3.06. The van der Waals surface area contributed by atoms with Gasteiger partial charge in [0.1, 0.15) is 5.75 Å².